The Morgan fingerprint density at radius 1 is 1.27 bits per heavy atom. The Hall–Kier alpha value is -2.51. The molecule has 1 aromatic heterocycles. The van der Waals surface area contributed by atoms with E-state index in [0.717, 1.165) is 4.68 Å². The molecule has 0 atom stereocenters. The molecule has 1 aromatic carbocycles. The maximum absolute atomic E-state index is 12.6. The van der Waals surface area contributed by atoms with Gasteiger partial charge in [0.15, 0.2) is 5.69 Å². The molecule has 0 radical (unpaired) electrons. The van der Waals surface area contributed by atoms with E-state index in [1.165, 1.54) is 17.0 Å². The largest absolute Gasteiger partial charge is 0.493 e. The molecule has 0 saturated carbocycles. The lowest BCUT2D eigenvalue weighted by atomic mass is 10.1. The van der Waals surface area contributed by atoms with Gasteiger partial charge in [-0.3, -0.25) is 4.79 Å². The predicted octanol–water partition coefficient (Wildman–Crippen LogP) is 2.23. The average molecular weight is 313 g/mol. The second-order valence-electron chi connectivity index (χ2n) is 4.93. The first-order valence-corrected chi connectivity index (χ1v) is 6.34. The molecule has 0 aliphatic heterocycles. The number of aromatic hydroxyl groups is 1. The second-order valence-corrected chi connectivity index (χ2v) is 4.93. The predicted molar refractivity (Wildman–Crippen MR) is 72.6 cm³/mol. The van der Waals surface area contributed by atoms with Gasteiger partial charge in [0.25, 0.3) is 0 Å². The van der Waals surface area contributed by atoms with Crippen LogP contribution in [0.5, 0.6) is 5.88 Å². The van der Waals surface area contributed by atoms with Crippen molar-refractivity contribution in [2.45, 2.75) is 12.6 Å². The van der Waals surface area contributed by atoms with Crippen LogP contribution in [0.2, 0.25) is 0 Å². The molecule has 2 aromatic rings. The number of hydrogen-bond acceptors (Lipinski definition) is 3. The zero-order valence-corrected chi connectivity index (χ0v) is 11.9. The van der Waals surface area contributed by atoms with E-state index < -0.39 is 17.8 Å². The molecule has 0 aliphatic rings. The van der Waals surface area contributed by atoms with Crippen molar-refractivity contribution in [2.24, 2.45) is 0 Å². The van der Waals surface area contributed by atoms with Crippen molar-refractivity contribution in [1.29, 1.82) is 0 Å². The molecule has 0 unspecified atom stereocenters. The van der Waals surface area contributed by atoms with Gasteiger partial charge in [-0.1, -0.05) is 12.1 Å². The second kappa shape index (κ2) is 5.70. The zero-order chi connectivity index (χ0) is 16.5. The van der Waals surface area contributed by atoms with Crippen LogP contribution >= 0.6 is 0 Å². The molecule has 5 nitrogen and oxygen atoms in total. The number of rotatable bonds is 3. The van der Waals surface area contributed by atoms with Gasteiger partial charge in [-0.2, -0.15) is 18.3 Å². The fourth-order valence-electron chi connectivity index (χ4n) is 1.79. The SMILES string of the molecule is CN(C)C(=O)Cc1ccc(-n2nc(C(F)(F)F)cc2O)cc1. The van der Waals surface area contributed by atoms with Crippen molar-refractivity contribution in [3.63, 3.8) is 0 Å². The number of alkyl halides is 3. The van der Waals surface area contributed by atoms with Crippen LogP contribution in [-0.2, 0) is 17.4 Å². The maximum Gasteiger partial charge on any atom is 0.435 e. The van der Waals surface area contributed by atoms with Crippen LogP contribution in [0.15, 0.2) is 30.3 Å². The van der Waals surface area contributed by atoms with E-state index in [2.05, 4.69) is 5.10 Å². The monoisotopic (exact) mass is 313 g/mol. The molecule has 8 heteroatoms. The number of carbonyl (C=O) groups is 1. The summed E-state index contributed by atoms with van der Waals surface area (Å²) in [5.74, 6) is -0.696. The average Bonchev–Trinajstić information content (AvgIpc) is 2.81. The van der Waals surface area contributed by atoms with Gasteiger partial charge in [-0.15, -0.1) is 0 Å². The van der Waals surface area contributed by atoms with Crippen LogP contribution in [0.3, 0.4) is 0 Å². The van der Waals surface area contributed by atoms with Crippen LogP contribution in [-0.4, -0.2) is 39.8 Å². The third-order valence-electron chi connectivity index (χ3n) is 3.02. The Labute approximate surface area is 124 Å². The van der Waals surface area contributed by atoms with Crippen molar-refractivity contribution in [3.05, 3.63) is 41.6 Å². The van der Waals surface area contributed by atoms with Crippen molar-refractivity contribution < 1.29 is 23.1 Å². The molecular formula is C14H14F3N3O2. The van der Waals surface area contributed by atoms with E-state index in [4.69, 9.17) is 0 Å². The van der Waals surface area contributed by atoms with Gasteiger partial charge < -0.3 is 10.0 Å². The third kappa shape index (κ3) is 3.38. The minimum Gasteiger partial charge on any atom is -0.493 e. The highest BCUT2D eigenvalue weighted by molar-refractivity contribution is 5.78. The highest BCUT2D eigenvalue weighted by Crippen LogP contribution is 2.31. The molecule has 1 amide bonds. The van der Waals surface area contributed by atoms with Crippen molar-refractivity contribution in [1.82, 2.24) is 14.7 Å². The van der Waals surface area contributed by atoms with Gasteiger partial charge in [0, 0.05) is 20.2 Å². The molecule has 0 bridgehead atoms. The molecule has 22 heavy (non-hydrogen) atoms. The summed E-state index contributed by atoms with van der Waals surface area (Å²) in [6, 6.07) is 6.75. The molecular weight excluding hydrogens is 299 g/mol. The number of halogens is 3. The Kier molecular flexibility index (Phi) is 4.11. The Morgan fingerprint density at radius 3 is 2.32 bits per heavy atom. The number of nitrogens with zero attached hydrogens (tertiary/aromatic N) is 3. The van der Waals surface area contributed by atoms with Crippen molar-refractivity contribution in [3.8, 4) is 11.6 Å². The Bertz CT molecular complexity index is 676. The summed E-state index contributed by atoms with van der Waals surface area (Å²) >= 11 is 0. The lowest BCUT2D eigenvalue weighted by molar-refractivity contribution is -0.141. The minimum absolute atomic E-state index is 0.0888. The first-order chi connectivity index (χ1) is 10.2. The number of likely N-dealkylation sites (N-methyl/N-ethyl adjacent to an activating group) is 1. The van der Waals surface area contributed by atoms with Gasteiger partial charge in [0.2, 0.25) is 11.8 Å². The summed E-state index contributed by atoms with van der Waals surface area (Å²) in [5, 5.41) is 12.9. The Balaban J connectivity index is 2.24. The topological polar surface area (TPSA) is 58.4 Å². The quantitative estimate of drug-likeness (QED) is 0.945. The lowest BCUT2D eigenvalue weighted by Gasteiger charge is -2.10. The van der Waals surface area contributed by atoms with Gasteiger partial charge in [-0.05, 0) is 17.7 Å². The molecule has 0 saturated heterocycles. The van der Waals surface area contributed by atoms with Crippen molar-refractivity contribution in [2.75, 3.05) is 14.1 Å². The molecule has 1 heterocycles. The molecule has 0 spiro atoms. The fourth-order valence-corrected chi connectivity index (χ4v) is 1.79. The van der Waals surface area contributed by atoms with Crippen LogP contribution in [0, 0.1) is 0 Å². The van der Waals surface area contributed by atoms with E-state index in [1.807, 2.05) is 0 Å². The smallest absolute Gasteiger partial charge is 0.435 e. The van der Waals surface area contributed by atoms with Gasteiger partial charge in [0.1, 0.15) is 0 Å². The molecule has 0 aliphatic carbocycles. The first-order valence-electron chi connectivity index (χ1n) is 6.34. The summed E-state index contributed by atoms with van der Waals surface area (Å²) in [4.78, 5) is 13.0. The number of aromatic nitrogens is 2. The van der Waals surface area contributed by atoms with Crippen LogP contribution in [0.25, 0.3) is 5.69 Å². The molecule has 0 fully saturated rings. The number of benzene rings is 1. The van der Waals surface area contributed by atoms with Crippen LogP contribution < -0.4 is 0 Å². The molecule has 118 valence electrons. The van der Waals surface area contributed by atoms with Gasteiger partial charge in [-0.25, -0.2) is 4.68 Å². The minimum atomic E-state index is -4.62. The van der Waals surface area contributed by atoms with Crippen LogP contribution in [0.1, 0.15) is 11.3 Å². The Morgan fingerprint density at radius 2 is 1.86 bits per heavy atom. The fraction of sp³-hybridized carbons (Fsp3) is 0.286. The van der Waals surface area contributed by atoms with Gasteiger partial charge in [0.05, 0.1) is 12.1 Å². The first kappa shape index (κ1) is 15.9. The van der Waals surface area contributed by atoms with Gasteiger partial charge >= 0.3 is 6.18 Å². The normalized spacial score (nSPS) is 11.5. The summed E-state index contributed by atoms with van der Waals surface area (Å²) < 4.78 is 38.4. The third-order valence-corrected chi connectivity index (χ3v) is 3.02. The summed E-state index contributed by atoms with van der Waals surface area (Å²) in [7, 11) is 3.27. The number of carbonyl (C=O) groups excluding carboxylic acids is 1. The number of hydrogen-bond donors (Lipinski definition) is 1. The van der Waals surface area contributed by atoms with Crippen LogP contribution in [0.4, 0.5) is 13.2 Å². The lowest BCUT2D eigenvalue weighted by Crippen LogP contribution is -2.23. The van der Waals surface area contributed by atoms with E-state index in [9.17, 15) is 23.1 Å². The molecule has 1 N–H and O–H groups in total. The highest BCUT2D eigenvalue weighted by Gasteiger charge is 2.35. The zero-order valence-electron chi connectivity index (χ0n) is 11.9. The summed E-state index contributed by atoms with van der Waals surface area (Å²) in [6.45, 7) is 0. The van der Waals surface area contributed by atoms with E-state index in [1.54, 1.807) is 26.2 Å². The number of amides is 1. The standard InChI is InChI=1S/C14H14F3N3O2/c1-19(2)12(21)7-9-3-5-10(6-4-9)20-13(22)8-11(18-20)14(15,16)17/h3-6,8,22H,7H2,1-2H3. The molecule has 2 rings (SSSR count). The van der Waals surface area contributed by atoms with E-state index >= 15 is 0 Å². The van der Waals surface area contributed by atoms with E-state index in [-0.39, 0.29) is 18.0 Å². The van der Waals surface area contributed by atoms with E-state index in [0.29, 0.717) is 11.6 Å². The maximum atomic E-state index is 12.6. The highest BCUT2D eigenvalue weighted by atomic mass is 19.4. The summed E-state index contributed by atoms with van der Waals surface area (Å²) in [6.07, 6.45) is -4.44. The summed E-state index contributed by atoms with van der Waals surface area (Å²) in [5.41, 5.74) is -0.184. The van der Waals surface area contributed by atoms with Crippen molar-refractivity contribution >= 4 is 5.91 Å².